The normalized spacial score (nSPS) is 21.5. The van der Waals surface area contributed by atoms with E-state index in [0.717, 1.165) is 30.4 Å². The molecule has 55 heavy (non-hydrogen) atoms. The predicted molar refractivity (Wildman–Crippen MR) is 213 cm³/mol. The first-order chi connectivity index (χ1) is 26.5. The number of halogens is 3. The molecule has 0 aromatic heterocycles. The third-order valence-electron chi connectivity index (χ3n) is 10.6. The minimum atomic E-state index is -4.00. The van der Waals surface area contributed by atoms with Gasteiger partial charge in [-0.05, 0) is 61.2 Å². The molecule has 294 valence electrons. The number of piperidine rings is 1. The van der Waals surface area contributed by atoms with E-state index in [0.29, 0.717) is 86.9 Å². The highest BCUT2D eigenvalue weighted by atomic mass is 35.5. The van der Waals surface area contributed by atoms with Crippen LogP contribution in [0.3, 0.4) is 0 Å². The third kappa shape index (κ3) is 8.63. The Bertz CT molecular complexity index is 2000. The highest BCUT2D eigenvalue weighted by molar-refractivity contribution is 7.89. The molecule has 4 aliphatic rings. The molecule has 4 heterocycles. The number of amides is 3. The number of amidine groups is 1. The number of morpholine rings is 1. The molecule has 3 aromatic carbocycles. The van der Waals surface area contributed by atoms with Crippen LogP contribution in [0, 0.1) is 0 Å². The summed E-state index contributed by atoms with van der Waals surface area (Å²) in [6.07, 6.45) is 2.48. The zero-order valence-corrected chi connectivity index (χ0v) is 33.8. The molecule has 3 saturated heterocycles. The largest absolute Gasteiger partial charge is 0.493 e. The number of carbonyl (C=O) groups excluding carboxylic acids is 2. The van der Waals surface area contributed by atoms with Crippen LogP contribution in [0.5, 0.6) is 5.75 Å². The van der Waals surface area contributed by atoms with Crippen molar-refractivity contribution in [2.45, 2.75) is 43.2 Å². The highest BCUT2D eigenvalue weighted by Gasteiger charge is 2.45. The van der Waals surface area contributed by atoms with Crippen molar-refractivity contribution in [1.82, 2.24) is 23.9 Å². The molecule has 7 rings (SSSR count). The fourth-order valence-corrected chi connectivity index (χ4v) is 9.92. The van der Waals surface area contributed by atoms with Gasteiger partial charge in [-0.2, -0.15) is 4.31 Å². The Morgan fingerprint density at radius 1 is 0.800 bits per heavy atom. The van der Waals surface area contributed by atoms with Crippen LogP contribution in [0.4, 0.5) is 4.79 Å². The van der Waals surface area contributed by atoms with Crippen molar-refractivity contribution in [3.05, 3.63) is 92.4 Å². The van der Waals surface area contributed by atoms with Gasteiger partial charge in [0.2, 0.25) is 15.9 Å². The van der Waals surface area contributed by atoms with E-state index >= 15 is 4.79 Å². The minimum Gasteiger partial charge on any atom is -0.493 e. The van der Waals surface area contributed by atoms with Crippen molar-refractivity contribution < 1.29 is 27.5 Å². The summed E-state index contributed by atoms with van der Waals surface area (Å²) in [5.74, 6) is 0.608. The predicted octanol–water partition coefficient (Wildman–Crippen LogP) is 6.36. The van der Waals surface area contributed by atoms with Crippen LogP contribution in [0.1, 0.15) is 55.0 Å². The number of carbonyl (C=O) groups is 2. The van der Waals surface area contributed by atoms with Gasteiger partial charge in [0.25, 0.3) is 0 Å². The minimum absolute atomic E-state index is 0.0282. The fourth-order valence-electron chi connectivity index (χ4n) is 7.63. The lowest BCUT2D eigenvalue weighted by Crippen LogP contribution is -2.56. The molecular weight excluding hydrogens is 787 g/mol. The second kappa shape index (κ2) is 17.4. The van der Waals surface area contributed by atoms with Crippen molar-refractivity contribution in [3.8, 4) is 5.75 Å². The molecule has 4 aliphatic heterocycles. The van der Waals surface area contributed by atoms with Gasteiger partial charge in [0, 0.05) is 68.5 Å². The quantitative estimate of drug-likeness (QED) is 0.247. The van der Waals surface area contributed by atoms with Gasteiger partial charge in [0.15, 0.2) is 0 Å². The van der Waals surface area contributed by atoms with Gasteiger partial charge in [0.1, 0.15) is 22.5 Å². The first-order valence-electron chi connectivity index (χ1n) is 18.8. The molecule has 0 aliphatic carbocycles. The van der Waals surface area contributed by atoms with Crippen LogP contribution >= 0.6 is 34.8 Å². The Hall–Kier alpha value is -3.43. The van der Waals surface area contributed by atoms with Crippen LogP contribution in [-0.4, -0.2) is 129 Å². The van der Waals surface area contributed by atoms with Gasteiger partial charge in [-0.25, -0.2) is 13.2 Å². The van der Waals surface area contributed by atoms with Crippen molar-refractivity contribution in [2.75, 3.05) is 78.7 Å². The number of urea groups is 1. The van der Waals surface area contributed by atoms with Crippen LogP contribution in [0.2, 0.25) is 15.1 Å². The van der Waals surface area contributed by atoms with Crippen LogP contribution in [0.25, 0.3) is 0 Å². The number of sulfonamides is 1. The lowest BCUT2D eigenvalue weighted by molar-refractivity contribution is -0.136. The summed E-state index contributed by atoms with van der Waals surface area (Å²) in [6.45, 7) is 7.08. The number of benzene rings is 3. The maximum Gasteiger partial charge on any atom is 0.326 e. The second-order valence-electron chi connectivity index (χ2n) is 14.0. The number of piperazine rings is 1. The van der Waals surface area contributed by atoms with E-state index in [2.05, 4.69) is 4.90 Å². The van der Waals surface area contributed by atoms with Gasteiger partial charge in [-0.1, -0.05) is 65.5 Å². The molecule has 0 spiro atoms. The molecule has 3 fully saturated rings. The van der Waals surface area contributed by atoms with E-state index in [9.17, 15) is 13.2 Å². The van der Waals surface area contributed by atoms with Crippen molar-refractivity contribution in [3.63, 3.8) is 0 Å². The van der Waals surface area contributed by atoms with E-state index in [4.69, 9.17) is 49.3 Å². The van der Waals surface area contributed by atoms with Crippen LogP contribution in [0.15, 0.2) is 70.6 Å². The van der Waals surface area contributed by atoms with E-state index in [1.165, 1.54) is 16.4 Å². The van der Waals surface area contributed by atoms with Crippen molar-refractivity contribution in [1.29, 1.82) is 0 Å². The van der Waals surface area contributed by atoms with E-state index in [1.54, 1.807) is 34.1 Å². The van der Waals surface area contributed by atoms with Crippen LogP contribution in [-0.2, 0) is 19.6 Å². The topological polar surface area (TPSA) is 115 Å². The highest BCUT2D eigenvalue weighted by Crippen LogP contribution is 2.46. The second-order valence-corrected chi connectivity index (χ2v) is 17.2. The summed E-state index contributed by atoms with van der Waals surface area (Å²) < 4.78 is 41.3. The molecule has 0 N–H and O–H groups in total. The maximum absolute atomic E-state index is 15.1. The first-order valence-corrected chi connectivity index (χ1v) is 21.3. The number of hydrogen-bond acceptors (Lipinski definition) is 8. The number of rotatable bonds is 9. The molecule has 3 aromatic rings. The van der Waals surface area contributed by atoms with E-state index in [-0.39, 0.29) is 40.8 Å². The molecule has 0 saturated carbocycles. The molecule has 0 bridgehead atoms. The number of ether oxygens (including phenoxy) is 2. The van der Waals surface area contributed by atoms with Gasteiger partial charge in [-0.3, -0.25) is 19.6 Å². The zero-order valence-electron chi connectivity index (χ0n) is 30.7. The molecular formula is C39H45Cl3N6O6S. The van der Waals surface area contributed by atoms with Crippen molar-refractivity contribution >= 4 is 62.6 Å². The fraction of sp³-hybridized carbons (Fsp3) is 0.462. The lowest BCUT2D eigenvalue weighted by Gasteiger charge is -2.39. The van der Waals surface area contributed by atoms with Gasteiger partial charge in [0.05, 0.1) is 43.0 Å². The summed E-state index contributed by atoms with van der Waals surface area (Å²) in [4.78, 5) is 40.7. The summed E-state index contributed by atoms with van der Waals surface area (Å²) >= 11 is 19.5. The molecule has 2 atom stereocenters. The number of nitrogens with zero attached hydrogens (tertiary/aromatic N) is 6. The number of hydrogen-bond donors (Lipinski definition) is 0. The standard InChI is InChI=1S/C39H45Cl3N6O6S/c1-2-54-33-25-32(42)34(55(51,52)47-14-4-3-5-15-47)24-31(33)38-43-36(27-6-10-29(40)11-7-27)37(28-8-12-30(41)13-9-28)48(38)39(50)46-18-16-44(17-19-46)26-35(49)45-20-22-53-23-21-45/h6-13,24-25,36-37H,2-5,14-23,26H2,1H3. The Morgan fingerprint density at radius 3 is 2.04 bits per heavy atom. The summed E-state index contributed by atoms with van der Waals surface area (Å²) in [7, 11) is -4.00. The molecule has 16 heteroatoms. The van der Waals surface area contributed by atoms with Gasteiger partial charge < -0.3 is 19.3 Å². The van der Waals surface area contributed by atoms with Crippen LogP contribution < -0.4 is 4.74 Å². The summed E-state index contributed by atoms with van der Waals surface area (Å²) in [5, 5.41) is 1.12. The smallest absolute Gasteiger partial charge is 0.326 e. The summed E-state index contributed by atoms with van der Waals surface area (Å²) in [6, 6.07) is 16.1. The molecule has 2 unspecified atom stereocenters. The monoisotopic (exact) mass is 830 g/mol. The molecule has 3 amide bonds. The maximum atomic E-state index is 15.1. The van der Waals surface area contributed by atoms with E-state index in [1.807, 2.05) is 36.1 Å². The van der Waals surface area contributed by atoms with Gasteiger partial charge in [-0.15, -0.1) is 0 Å². The Morgan fingerprint density at radius 2 is 1.42 bits per heavy atom. The lowest BCUT2D eigenvalue weighted by atomic mass is 9.93. The Kier molecular flexibility index (Phi) is 12.6. The number of aliphatic imine (C=N–C) groups is 1. The molecule has 0 radical (unpaired) electrons. The Balaban J connectivity index is 1.30. The van der Waals surface area contributed by atoms with Gasteiger partial charge >= 0.3 is 6.03 Å². The first kappa shape index (κ1) is 39.8. The average Bonchev–Trinajstić information content (AvgIpc) is 3.59. The Labute approximate surface area is 337 Å². The van der Waals surface area contributed by atoms with E-state index < -0.39 is 22.1 Å². The van der Waals surface area contributed by atoms with Crippen molar-refractivity contribution in [2.24, 2.45) is 4.99 Å². The summed E-state index contributed by atoms with van der Waals surface area (Å²) in [5.41, 5.74) is 1.91. The average molecular weight is 832 g/mol. The SMILES string of the molecule is CCOc1cc(Cl)c(S(=O)(=O)N2CCCCC2)cc1C1=NC(c2ccc(Cl)cc2)C(c2ccc(Cl)cc2)N1C(=O)N1CCN(CC(=O)N2CCOCC2)CC1. The third-order valence-corrected chi connectivity index (χ3v) is 13.4. The molecule has 12 nitrogen and oxygen atoms in total. The zero-order chi connectivity index (χ0) is 38.7.